The molecule has 0 nitrogen and oxygen atoms in total. The summed E-state index contributed by atoms with van der Waals surface area (Å²) in [6.07, 6.45) is 1.03. The molecule has 41 heavy (non-hydrogen) atoms. The molecule has 0 amide bonds. The van der Waals surface area contributed by atoms with E-state index in [-0.39, 0.29) is 0 Å². The molecule has 0 bridgehead atoms. The molecule has 194 valence electrons. The maximum atomic E-state index is 2.58. The van der Waals surface area contributed by atoms with Crippen molar-refractivity contribution in [2.24, 2.45) is 0 Å². The molecule has 9 rings (SSSR count). The molecule has 0 fully saturated rings. The van der Waals surface area contributed by atoms with Crippen molar-refractivity contribution >= 4 is 47.3 Å². The highest BCUT2D eigenvalue weighted by molar-refractivity contribution is 7.14. The van der Waals surface area contributed by atoms with Gasteiger partial charge in [0.15, 0.2) is 0 Å². The SMILES string of the molecule is C[Si]1(c2ccc3c(c2)-c2cc([Si]4(C)c5ccccc5-c5ccccc54)ccc2C3)c2ccccc2-c2ccccc21. The topological polar surface area (TPSA) is 0 Å². The lowest BCUT2D eigenvalue weighted by molar-refractivity contribution is 1.27. The zero-order valence-corrected chi connectivity index (χ0v) is 25.4. The van der Waals surface area contributed by atoms with Gasteiger partial charge >= 0.3 is 0 Å². The third-order valence-corrected chi connectivity index (χ3v) is 19.5. The second-order valence-electron chi connectivity index (χ2n) is 12.4. The van der Waals surface area contributed by atoms with Gasteiger partial charge in [0.05, 0.1) is 0 Å². The molecule has 6 aromatic carbocycles. The van der Waals surface area contributed by atoms with E-state index in [4.69, 9.17) is 0 Å². The molecule has 0 saturated heterocycles. The Morgan fingerprint density at radius 1 is 0.366 bits per heavy atom. The van der Waals surface area contributed by atoms with Gasteiger partial charge in [-0.15, -0.1) is 0 Å². The molecule has 2 heteroatoms. The summed E-state index contributed by atoms with van der Waals surface area (Å²) in [6.45, 7) is 5.12. The fourth-order valence-electron chi connectivity index (χ4n) is 8.32. The molecule has 0 atom stereocenters. The first kappa shape index (κ1) is 23.5. The van der Waals surface area contributed by atoms with E-state index in [1.807, 2.05) is 0 Å². The minimum atomic E-state index is -2.11. The Labute approximate surface area is 244 Å². The predicted octanol–water partition coefficient (Wildman–Crippen LogP) is 5.42. The van der Waals surface area contributed by atoms with Crippen LogP contribution in [-0.4, -0.2) is 16.1 Å². The Morgan fingerprint density at radius 2 is 0.683 bits per heavy atom. The fraction of sp³-hybridized carbons (Fsp3) is 0.0769. The van der Waals surface area contributed by atoms with Gasteiger partial charge in [0.25, 0.3) is 0 Å². The van der Waals surface area contributed by atoms with Gasteiger partial charge in [-0.1, -0.05) is 147 Å². The molecule has 1 aliphatic carbocycles. The van der Waals surface area contributed by atoms with Gasteiger partial charge < -0.3 is 0 Å². The maximum Gasteiger partial charge on any atom is 0.147 e. The largest absolute Gasteiger partial charge is 0.147 e. The van der Waals surface area contributed by atoms with Gasteiger partial charge in [-0.2, -0.15) is 0 Å². The molecule has 2 aliphatic heterocycles. The van der Waals surface area contributed by atoms with E-state index in [0.717, 1.165) is 6.42 Å². The van der Waals surface area contributed by atoms with E-state index >= 15 is 0 Å². The number of hydrogen-bond acceptors (Lipinski definition) is 0. The highest BCUT2D eigenvalue weighted by atomic mass is 28.3. The molecule has 0 radical (unpaired) electrons. The van der Waals surface area contributed by atoms with E-state index < -0.39 is 16.1 Å². The third kappa shape index (κ3) is 2.94. The lowest BCUT2D eigenvalue weighted by Gasteiger charge is -2.27. The zero-order valence-electron chi connectivity index (χ0n) is 23.4. The number of benzene rings is 6. The molecule has 0 spiro atoms. The highest BCUT2D eigenvalue weighted by Gasteiger charge is 2.45. The normalized spacial score (nSPS) is 15.9. The van der Waals surface area contributed by atoms with E-state index in [1.54, 1.807) is 20.7 Å². The summed E-state index contributed by atoms with van der Waals surface area (Å²) in [6, 6.07) is 51.5. The Kier molecular flexibility index (Phi) is 4.67. The van der Waals surface area contributed by atoms with Gasteiger partial charge in [0.1, 0.15) is 16.1 Å². The molecule has 2 heterocycles. The van der Waals surface area contributed by atoms with Crippen LogP contribution in [0.2, 0.25) is 13.1 Å². The fourth-order valence-corrected chi connectivity index (χ4v) is 16.6. The van der Waals surface area contributed by atoms with Crippen LogP contribution in [0.25, 0.3) is 33.4 Å². The first-order valence-electron chi connectivity index (χ1n) is 14.7. The van der Waals surface area contributed by atoms with Crippen LogP contribution >= 0.6 is 0 Å². The van der Waals surface area contributed by atoms with Crippen LogP contribution in [0, 0.1) is 0 Å². The molecule has 0 aromatic heterocycles. The summed E-state index contributed by atoms with van der Waals surface area (Å²) >= 11 is 0. The standard InChI is InChI=1S/C39H30Si2/c1-40(36-15-7-3-11-30(36)31-12-4-8-16-37(31)40)28-21-19-26-23-27-20-22-29(25-35(27)34(26)24-28)41(2)38-17-9-5-13-32(38)33-14-6-10-18-39(33)41/h3-22,24-25H,23H2,1-2H3. The number of rotatable bonds is 2. The van der Waals surface area contributed by atoms with Crippen LogP contribution in [0.3, 0.4) is 0 Å². The first-order chi connectivity index (χ1) is 20.1. The lowest BCUT2D eigenvalue weighted by atomic mass is 10.1. The average Bonchev–Trinajstić information content (AvgIpc) is 3.63. The molecule has 0 unspecified atom stereocenters. The summed E-state index contributed by atoms with van der Waals surface area (Å²) in [4.78, 5) is 0. The van der Waals surface area contributed by atoms with Gasteiger partial charge in [-0.05, 0) is 82.0 Å². The highest BCUT2D eigenvalue weighted by Crippen LogP contribution is 2.38. The second-order valence-corrected chi connectivity index (χ2v) is 20.2. The van der Waals surface area contributed by atoms with E-state index in [0.29, 0.717) is 0 Å². The quantitative estimate of drug-likeness (QED) is 0.251. The van der Waals surface area contributed by atoms with Gasteiger partial charge in [-0.25, -0.2) is 0 Å². The summed E-state index contributed by atoms with van der Waals surface area (Å²) in [7, 11) is -4.22. The van der Waals surface area contributed by atoms with E-state index in [9.17, 15) is 0 Å². The summed E-state index contributed by atoms with van der Waals surface area (Å²) in [5.74, 6) is 0. The first-order valence-corrected chi connectivity index (χ1v) is 19.7. The number of hydrogen-bond donors (Lipinski definition) is 0. The summed E-state index contributed by atoms with van der Waals surface area (Å²) in [5.41, 5.74) is 11.6. The summed E-state index contributed by atoms with van der Waals surface area (Å²) in [5, 5.41) is 9.23. The Morgan fingerprint density at radius 3 is 1.02 bits per heavy atom. The van der Waals surface area contributed by atoms with Crippen molar-refractivity contribution in [2.45, 2.75) is 19.5 Å². The van der Waals surface area contributed by atoms with Crippen molar-refractivity contribution in [3.8, 4) is 33.4 Å². The Hall–Kier alpha value is -4.25. The van der Waals surface area contributed by atoms with Crippen molar-refractivity contribution in [2.75, 3.05) is 0 Å². The van der Waals surface area contributed by atoms with Crippen molar-refractivity contribution < 1.29 is 0 Å². The minimum Gasteiger partial charge on any atom is -0.0623 e. The van der Waals surface area contributed by atoms with Crippen LogP contribution < -0.4 is 31.1 Å². The zero-order chi connectivity index (χ0) is 27.3. The molecule has 0 saturated carbocycles. The van der Waals surface area contributed by atoms with Crippen molar-refractivity contribution in [3.63, 3.8) is 0 Å². The van der Waals surface area contributed by atoms with Gasteiger partial charge in [0.2, 0.25) is 0 Å². The van der Waals surface area contributed by atoms with Gasteiger partial charge in [-0.3, -0.25) is 0 Å². The average molecular weight is 555 g/mol. The van der Waals surface area contributed by atoms with E-state index in [1.165, 1.54) is 54.9 Å². The van der Waals surface area contributed by atoms with Crippen LogP contribution in [-0.2, 0) is 6.42 Å². The number of fused-ring (bicyclic) bond motifs is 9. The Bertz CT molecular complexity index is 1830. The monoisotopic (exact) mass is 554 g/mol. The van der Waals surface area contributed by atoms with Gasteiger partial charge in [0, 0.05) is 0 Å². The molecule has 3 aliphatic rings. The molecule has 6 aromatic rings. The summed E-state index contributed by atoms with van der Waals surface area (Å²) < 4.78 is 0. The third-order valence-electron chi connectivity index (χ3n) is 10.5. The molecule has 0 N–H and O–H groups in total. The van der Waals surface area contributed by atoms with Crippen LogP contribution in [0.5, 0.6) is 0 Å². The van der Waals surface area contributed by atoms with Crippen molar-refractivity contribution in [1.82, 2.24) is 0 Å². The van der Waals surface area contributed by atoms with Crippen LogP contribution in [0.1, 0.15) is 11.1 Å². The predicted molar refractivity (Wildman–Crippen MR) is 179 cm³/mol. The molecular formula is C39H30Si2. The smallest absolute Gasteiger partial charge is 0.0623 e. The van der Waals surface area contributed by atoms with Crippen molar-refractivity contribution in [3.05, 3.63) is 145 Å². The van der Waals surface area contributed by atoms with Crippen LogP contribution in [0.4, 0.5) is 0 Å². The van der Waals surface area contributed by atoms with Crippen LogP contribution in [0.15, 0.2) is 133 Å². The lowest BCUT2D eigenvalue weighted by Crippen LogP contribution is -2.62. The minimum absolute atomic E-state index is 1.03. The Balaban J connectivity index is 1.23. The molecular weight excluding hydrogens is 525 g/mol. The van der Waals surface area contributed by atoms with Crippen molar-refractivity contribution in [1.29, 1.82) is 0 Å². The maximum absolute atomic E-state index is 2.58. The van der Waals surface area contributed by atoms with E-state index in [2.05, 4.69) is 147 Å². The second kappa shape index (κ2) is 8.16.